The molecule has 3 atom stereocenters. The molecule has 0 aliphatic carbocycles. The Bertz CT molecular complexity index is 1120. The molecule has 0 aromatic heterocycles. The van der Waals surface area contributed by atoms with Gasteiger partial charge in [0.1, 0.15) is 12.1 Å². The van der Waals surface area contributed by atoms with Gasteiger partial charge in [-0.3, -0.25) is 14.4 Å². The molecule has 1 unspecified atom stereocenters. The van der Waals surface area contributed by atoms with Crippen LogP contribution in [0.4, 0.5) is 0 Å². The normalized spacial score (nSPS) is 17.0. The average Bonchev–Trinajstić information content (AvgIpc) is 3.35. The summed E-state index contributed by atoms with van der Waals surface area (Å²) in [4.78, 5) is 41.3. The van der Waals surface area contributed by atoms with E-state index >= 15 is 0 Å². The highest BCUT2D eigenvalue weighted by molar-refractivity contribution is 5.93. The predicted octanol–water partition coefficient (Wildman–Crippen LogP) is 3.05. The van der Waals surface area contributed by atoms with E-state index in [4.69, 9.17) is 0 Å². The van der Waals surface area contributed by atoms with Crippen LogP contribution in [-0.4, -0.2) is 72.1 Å². The van der Waals surface area contributed by atoms with Gasteiger partial charge in [-0.25, -0.2) is 0 Å². The minimum Gasteiger partial charge on any atom is -0.390 e. The van der Waals surface area contributed by atoms with Crippen molar-refractivity contribution in [1.29, 1.82) is 0 Å². The Morgan fingerprint density at radius 1 is 1.03 bits per heavy atom. The van der Waals surface area contributed by atoms with Crippen molar-refractivity contribution in [3.8, 4) is 0 Å². The van der Waals surface area contributed by atoms with Crippen LogP contribution in [0.1, 0.15) is 53.0 Å². The van der Waals surface area contributed by atoms with Crippen LogP contribution < -0.4 is 16.0 Å². The van der Waals surface area contributed by atoms with E-state index in [1.165, 1.54) is 0 Å². The minimum absolute atomic E-state index is 0. The van der Waals surface area contributed by atoms with Crippen molar-refractivity contribution in [3.05, 3.63) is 48.0 Å². The summed E-state index contributed by atoms with van der Waals surface area (Å²) >= 11 is 0. The maximum atomic E-state index is 13.4. The standard InChI is InChI=1S/C30H44N4O4.ClH/c1-20(2)17-31-18-24(35)19-32-27(36)25(16-21-12-13-22-9-6-7-10-23(22)15-21)33-28(37)26-11-8-14-34(26)29(38)30(3,4)5;/h6-7,9-10,12-13,15,20,24-26,31,35H,8,11,14,16-19H2,1-5H3,(H,32,36)(H,33,37);1H/t24-,25+,26?;/m0./s1. The van der Waals surface area contributed by atoms with Crippen molar-refractivity contribution in [3.63, 3.8) is 0 Å². The Morgan fingerprint density at radius 3 is 2.38 bits per heavy atom. The zero-order chi connectivity index (χ0) is 27.9. The number of halogens is 1. The van der Waals surface area contributed by atoms with Crippen molar-refractivity contribution in [2.24, 2.45) is 11.3 Å². The van der Waals surface area contributed by atoms with Gasteiger partial charge >= 0.3 is 0 Å². The second kappa shape index (κ2) is 14.6. The highest BCUT2D eigenvalue weighted by atomic mass is 35.5. The zero-order valence-electron chi connectivity index (χ0n) is 23.8. The van der Waals surface area contributed by atoms with E-state index in [-0.39, 0.29) is 36.7 Å². The van der Waals surface area contributed by atoms with Crippen LogP contribution >= 0.6 is 12.4 Å². The zero-order valence-corrected chi connectivity index (χ0v) is 24.6. The Hall–Kier alpha value is -2.68. The van der Waals surface area contributed by atoms with Crippen LogP contribution in [0.3, 0.4) is 0 Å². The Labute approximate surface area is 238 Å². The number of amides is 3. The fourth-order valence-corrected chi connectivity index (χ4v) is 4.74. The molecule has 1 aliphatic heterocycles. The molecule has 2 aromatic carbocycles. The van der Waals surface area contributed by atoms with Crippen LogP contribution in [-0.2, 0) is 20.8 Å². The maximum Gasteiger partial charge on any atom is 0.243 e. The number of hydrogen-bond donors (Lipinski definition) is 4. The van der Waals surface area contributed by atoms with Gasteiger partial charge in [-0.15, -0.1) is 12.4 Å². The first-order valence-corrected chi connectivity index (χ1v) is 13.7. The third-order valence-electron chi connectivity index (χ3n) is 6.79. The first kappa shape index (κ1) is 32.5. The van der Waals surface area contributed by atoms with Crippen LogP contribution in [0.5, 0.6) is 0 Å². The van der Waals surface area contributed by atoms with Crippen LogP contribution in [0.2, 0.25) is 0 Å². The van der Waals surface area contributed by atoms with Crippen LogP contribution in [0, 0.1) is 11.3 Å². The highest BCUT2D eigenvalue weighted by Gasteiger charge is 2.39. The highest BCUT2D eigenvalue weighted by Crippen LogP contribution is 2.26. The molecule has 1 heterocycles. The molecule has 39 heavy (non-hydrogen) atoms. The van der Waals surface area contributed by atoms with Gasteiger partial charge in [0.15, 0.2) is 0 Å². The average molecular weight is 561 g/mol. The molecule has 1 fully saturated rings. The lowest BCUT2D eigenvalue weighted by atomic mass is 9.94. The topological polar surface area (TPSA) is 111 Å². The fourth-order valence-electron chi connectivity index (χ4n) is 4.74. The Morgan fingerprint density at radius 2 is 1.72 bits per heavy atom. The number of fused-ring (bicyclic) bond motifs is 1. The molecular weight excluding hydrogens is 516 g/mol. The van der Waals surface area contributed by atoms with Gasteiger partial charge in [0.2, 0.25) is 17.7 Å². The molecule has 216 valence electrons. The molecule has 1 saturated heterocycles. The summed E-state index contributed by atoms with van der Waals surface area (Å²) in [5.41, 5.74) is 0.321. The third-order valence-corrected chi connectivity index (χ3v) is 6.79. The smallest absolute Gasteiger partial charge is 0.243 e. The lowest BCUT2D eigenvalue weighted by molar-refractivity contribution is -0.145. The second-order valence-corrected chi connectivity index (χ2v) is 11.8. The first-order valence-electron chi connectivity index (χ1n) is 13.7. The van der Waals surface area contributed by atoms with Gasteiger partial charge in [0.05, 0.1) is 6.10 Å². The maximum absolute atomic E-state index is 13.4. The van der Waals surface area contributed by atoms with E-state index in [2.05, 4.69) is 29.8 Å². The van der Waals surface area contributed by atoms with Crippen LogP contribution in [0.15, 0.2) is 42.5 Å². The number of rotatable bonds is 11. The lowest BCUT2D eigenvalue weighted by Gasteiger charge is -2.31. The molecule has 1 aliphatic rings. The van der Waals surface area contributed by atoms with Crippen molar-refractivity contribution in [1.82, 2.24) is 20.9 Å². The van der Waals surface area contributed by atoms with E-state index < -0.39 is 23.6 Å². The molecule has 8 nitrogen and oxygen atoms in total. The second-order valence-electron chi connectivity index (χ2n) is 11.8. The summed E-state index contributed by atoms with van der Waals surface area (Å²) in [5.74, 6) is -0.289. The van der Waals surface area contributed by atoms with Gasteiger partial charge in [0, 0.05) is 31.5 Å². The first-order chi connectivity index (χ1) is 18.0. The van der Waals surface area contributed by atoms with Crippen molar-refractivity contribution < 1.29 is 19.5 Å². The molecule has 0 radical (unpaired) electrons. The number of hydrogen-bond acceptors (Lipinski definition) is 5. The van der Waals surface area contributed by atoms with Gasteiger partial charge in [-0.05, 0) is 41.6 Å². The van der Waals surface area contributed by atoms with Crippen molar-refractivity contribution >= 4 is 40.9 Å². The number of aliphatic hydroxyl groups excluding tert-OH is 1. The Kier molecular flexibility index (Phi) is 12.2. The van der Waals surface area contributed by atoms with E-state index in [9.17, 15) is 19.5 Å². The number of nitrogens with one attached hydrogen (secondary N) is 3. The van der Waals surface area contributed by atoms with E-state index in [0.717, 1.165) is 29.3 Å². The van der Waals surface area contributed by atoms with Gasteiger partial charge in [-0.1, -0.05) is 77.1 Å². The summed E-state index contributed by atoms with van der Waals surface area (Å²) in [7, 11) is 0. The number of aliphatic hydroxyl groups is 1. The van der Waals surface area contributed by atoms with Crippen LogP contribution in [0.25, 0.3) is 10.8 Å². The number of carbonyl (C=O) groups is 3. The van der Waals surface area contributed by atoms with Crippen molar-refractivity contribution in [2.45, 2.75) is 72.1 Å². The summed E-state index contributed by atoms with van der Waals surface area (Å²) in [6.07, 6.45) is 0.864. The summed E-state index contributed by atoms with van der Waals surface area (Å²) in [5, 5.41) is 21.4. The third kappa shape index (κ3) is 9.48. The SMILES string of the molecule is CC(C)CNC[C@H](O)CNC(=O)[C@@H](Cc1ccc2ccccc2c1)NC(=O)C1CCCN1C(=O)C(C)(C)C.Cl. The molecule has 4 N–H and O–H groups in total. The molecule has 0 saturated carbocycles. The van der Waals surface area contributed by atoms with E-state index in [1.807, 2.05) is 63.2 Å². The van der Waals surface area contributed by atoms with Gasteiger partial charge < -0.3 is 26.0 Å². The number of nitrogens with zero attached hydrogens (tertiary/aromatic N) is 1. The lowest BCUT2D eigenvalue weighted by Crippen LogP contribution is -2.55. The number of carbonyl (C=O) groups excluding carboxylic acids is 3. The predicted molar refractivity (Wildman–Crippen MR) is 158 cm³/mol. The largest absolute Gasteiger partial charge is 0.390 e. The summed E-state index contributed by atoms with van der Waals surface area (Å²) < 4.78 is 0. The number of likely N-dealkylation sites (tertiary alicyclic amines) is 1. The molecule has 0 bridgehead atoms. The molecule has 0 spiro atoms. The quantitative estimate of drug-likeness (QED) is 0.338. The fraction of sp³-hybridized carbons (Fsp3) is 0.567. The molecule has 2 aromatic rings. The summed E-state index contributed by atoms with van der Waals surface area (Å²) in [6, 6.07) is 12.5. The summed E-state index contributed by atoms with van der Waals surface area (Å²) in [6.45, 7) is 11.5. The van der Waals surface area contributed by atoms with E-state index in [1.54, 1.807) is 4.90 Å². The molecular formula is C30H45ClN4O4. The van der Waals surface area contributed by atoms with E-state index in [0.29, 0.717) is 31.8 Å². The molecule has 3 amide bonds. The van der Waals surface area contributed by atoms with Gasteiger partial charge in [-0.2, -0.15) is 0 Å². The molecule has 9 heteroatoms. The minimum atomic E-state index is -0.841. The monoisotopic (exact) mass is 560 g/mol. The van der Waals surface area contributed by atoms with Gasteiger partial charge in [0.25, 0.3) is 0 Å². The molecule has 3 rings (SSSR count). The number of benzene rings is 2. The Balaban J connectivity index is 0.00000533. The van der Waals surface area contributed by atoms with Crippen molar-refractivity contribution in [2.75, 3.05) is 26.2 Å².